The average molecular weight is 579 g/mol. The summed E-state index contributed by atoms with van der Waals surface area (Å²) in [5, 5.41) is 8.80. The zero-order valence-electron chi connectivity index (χ0n) is 25.5. The number of anilines is 2. The topological polar surface area (TPSA) is 122 Å². The largest absolute Gasteiger partial charge is 0.444 e. The van der Waals surface area contributed by atoms with Crippen LogP contribution in [-0.2, 0) is 15.0 Å². The Labute approximate surface area is 246 Å². The van der Waals surface area contributed by atoms with Crippen molar-refractivity contribution in [3.05, 3.63) is 51.9 Å². The van der Waals surface area contributed by atoms with Crippen LogP contribution in [0.2, 0.25) is 0 Å². The number of hydrogen-bond donors (Lipinski definition) is 2. The van der Waals surface area contributed by atoms with Crippen LogP contribution >= 0.6 is 0 Å². The number of pyridine rings is 1. The van der Waals surface area contributed by atoms with Gasteiger partial charge in [-0.1, -0.05) is 6.92 Å². The van der Waals surface area contributed by atoms with Crippen molar-refractivity contribution >= 4 is 34.4 Å². The number of aromatic nitrogens is 3. The van der Waals surface area contributed by atoms with Crippen molar-refractivity contribution in [2.24, 2.45) is 0 Å². The zero-order valence-corrected chi connectivity index (χ0v) is 25.5. The fourth-order valence-electron chi connectivity index (χ4n) is 5.96. The number of aromatic amines is 1. The van der Waals surface area contributed by atoms with Gasteiger partial charge in [0, 0.05) is 43.6 Å². The molecule has 2 aliphatic heterocycles. The molecule has 2 aromatic heterocycles. The molecule has 226 valence electrons. The van der Waals surface area contributed by atoms with Gasteiger partial charge in [0.2, 0.25) is 0 Å². The van der Waals surface area contributed by atoms with Crippen molar-refractivity contribution in [2.45, 2.75) is 78.0 Å². The predicted octanol–water partition coefficient (Wildman–Crippen LogP) is 4.77. The van der Waals surface area contributed by atoms with E-state index < -0.39 is 5.60 Å². The van der Waals surface area contributed by atoms with E-state index in [9.17, 15) is 14.4 Å². The molecule has 0 aliphatic carbocycles. The van der Waals surface area contributed by atoms with Gasteiger partial charge in [-0.15, -0.1) is 0 Å². The lowest BCUT2D eigenvalue weighted by atomic mass is 9.85. The molecule has 1 atom stereocenters. The lowest BCUT2D eigenvalue weighted by Gasteiger charge is -2.42. The number of piperidine rings is 1. The lowest BCUT2D eigenvalue weighted by molar-refractivity contribution is -0.0124. The smallest absolute Gasteiger partial charge is 0.410 e. The molecule has 4 heterocycles. The number of nitrogens with one attached hydrogen (secondary N) is 2. The van der Waals surface area contributed by atoms with Gasteiger partial charge in [0.05, 0.1) is 23.8 Å². The predicted molar refractivity (Wildman–Crippen MR) is 161 cm³/mol. The van der Waals surface area contributed by atoms with Crippen molar-refractivity contribution < 1.29 is 19.1 Å². The average Bonchev–Trinajstić information content (AvgIpc) is 3.32. The molecule has 3 aromatic rings. The maximum absolute atomic E-state index is 13.2. The van der Waals surface area contributed by atoms with Crippen LogP contribution in [0.5, 0.6) is 0 Å². The Morgan fingerprint density at radius 3 is 2.55 bits per heavy atom. The van der Waals surface area contributed by atoms with Crippen LogP contribution in [0.3, 0.4) is 0 Å². The molecule has 11 heteroatoms. The Kier molecular flexibility index (Phi) is 8.06. The second kappa shape index (κ2) is 11.4. The number of carbonyl (C=O) groups excluding carboxylic acids is 2. The van der Waals surface area contributed by atoms with Crippen LogP contribution in [-0.4, -0.2) is 81.1 Å². The van der Waals surface area contributed by atoms with Gasteiger partial charge in [0.25, 0.3) is 11.5 Å². The Hall–Kier alpha value is -3.86. The molecule has 0 bridgehead atoms. The molecule has 0 radical (unpaired) electrons. The minimum Gasteiger partial charge on any atom is -0.444 e. The van der Waals surface area contributed by atoms with Crippen LogP contribution in [0.25, 0.3) is 10.9 Å². The van der Waals surface area contributed by atoms with Crippen molar-refractivity contribution in [1.82, 2.24) is 24.6 Å². The van der Waals surface area contributed by atoms with Crippen molar-refractivity contribution in [1.29, 1.82) is 0 Å². The van der Waals surface area contributed by atoms with E-state index in [1.54, 1.807) is 11.1 Å². The van der Waals surface area contributed by atoms with Gasteiger partial charge in [0.1, 0.15) is 11.0 Å². The normalized spacial score (nSPS) is 19.1. The molecule has 2 saturated heterocycles. The number of amides is 2. The number of H-pyrrole nitrogens is 1. The SMILES string of the molecule is CCC1(n2nc(Nc3ccc(C(=O)N4CCOC(C)C4)c(C)c3)c3c(=O)[nH]ccc32)CCN(C(=O)OC(C)(C)C)CC1. The number of likely N-dealkylation sites (tertiary alicyclic amines) is 1. The molecule has 42 heavy (non-hydrogen) atoms. The van der Waals surface area contributed by atoms with Crippen LogP contribution in [0, 0.1) is 6.92 Å². The highest BCUT2D eigenvalue weighted by atomic mass is 16.6. The number of ether oxygens (including phenoxy) is 2. The van der Waals surface area contributed by atoms with E-state index in [4.69, 9.17) is 14.6 Å². The fourth-order valence-corrected chi connectivity index (χ4v) is 5.96. The van der Waals surface area contributed by atoms with Gasteiger partial charge in [-0.3, -0.25) is 14.3 Å². The van der Waals surface area contributed by atoms with Crippen LogP contribution in [0.4, 0.5) is 16.3 Å². The van der Waals surface area contributed by atoms with Crippen molar-refractivity contribution in [3.8, 4) is 0 Å². The summed E-state index contributed by atoms with van der Waals surface area (Å²) < 4.78 is 13.1. The minimum absolute atomic E-state index is 0.0111. The summed E-state index contributed by atoms with van der Waals surface area (Å²) in [6, 6.07) is 7.46. The number of benzene rings is 1. The second-order valence-corrected chi connectivity index (χ2v) is 12.5. The molecular formula is C31H42N6O5. The Morgan fingerprint density at radius 1 is 1.17 bits per heavy atom. The molecule has 1 unspecified atom stereocenters. The maximum Gasteiger partial charge on any atom is 0.410 e. The summed E-state index contributed by atoms with van der Waals surface area (Å²) in [5.41, 5.74) is 1.79. The second-order valence-electron chi connectivity index (χ2n) is 12.5. The first-order valence-corrected chi connectivity index (χ1v) is 14.8. The van der Waals surface area contributed by atoms with Crippen LogP contribution in [0.1, 0.15) is 69.8 Å². The maximum atomic E-state index is 13.2. The third kappa shape index (κ3) is 5.88. The van der Waals surface area contributed by atoms with Crippen LogP contribution < -0.4 is 10.9 Å². The number of morpholine rings is 1. The fraction of sp³-hybridized carbons (Fsp3) is 0.548. The molecule has 5 rings (SSSR count). The summed E-state index contributed by atoms with van der Waals surface area (Å²) in [4.78, 5) is 45.4. The number of carbonyl (C=O) groups is 2. The van der Waals surface area contributed by atoms with Gasteiger partial charge in [-0.2, -0.15) is 5.10 Å². The standard InChI is InChI=1S/C31H42N6O5/c1-7-31(11-14-35(15-12-31)29(40)42-30(4,5)6)37-24-10-13-32-27(38)25(24)26(34-37)33-22-8-9-23(20(2)18-22)28(39)36-16-17-41-21(3)19-36/h8-10,13,18,21H,7,11-12,14-17,19H2,1-6H3,(H,32,38)(H,33,34). The van der Waals surface area contributed by atoms with E-state index in [0.717, 1.165) is 23.2 Å². The minimum atomic E-state index is -0.554. The number of nitrogens with zero attached hydrogens (tertiary/aromatic N) is 4. The third-order valence-corrected chi connectivity index (χ3v) is 8.30. The van der Waals surface area contributed by atoms with Gasteiger partial charge in [0.15, 0.2) is 5.82 Å². The lowest BCUT2D eigenvalue weighted by Crippen LogP contribution is -2.49. The van der Waals surface area contributed by atoms with E-state index in [1.807, 2.05) is 68.5 Å². The number of fused-ring (bicyclic) bond motifs is 1. The summed E-state index contributed by atoms with van der Waals surface area (Å²) in [5.74, 6) is 0.442. The number of rotatable bonds is 5. The summed E-state index contributed by atoms with van der Waals surface area (Å²) >= 11 is 0. The highest BCUT2D eigenvalue weighted by molar-refractivity contribution is 5.97. The summed E-state index contributed by atoms with van der Waals surface area (Å²) in [6.45, 7) is 14.3. The molecule has 2 aliphatic rings. The molecule has 2 amide bonds. The number of hydrogen-bond acceptors (Lipinski definition) is 7. The van der Waals surface area contributed by atoms with Gasteiger partial charge in [-0.25, -0.2) is 4.79 Å². The van der Waals surface area contributed by atoms with E-state index >= 15 is 0 Å². The molecule has 11 nitrogen and oxygen atoms in total. The first-order valence-electron chi connectivity index (χ1n) is 14.8. The first kappa shape index (κ1) is 29.6. The summed E-state index contributed by atoms with van der Waals surface area (Å²) in [7, 11) is 0. The Morgan fingerprint density at radius 2 is 1.90 bits per heavy atom. The van der Waals surface area contributed by atoms with E-state index in [0.29, 0.717) is 62.4 Å². The molecule has 2 fully saturated rings. The van der Waals surface area contributed by atoms with Gasteiger partial charge in [-0.05, 0) is 83.7 Å². The zero-order chi connectivity index (χ0) is 30.2. The molecular weight excluding hydrogens is 536 g/mol. The van der Waals surface area contributed by atoms with E-state index in [2.05, 4.69) is 17.2 Å². The van der Waals surface area contributed by atoms with Gasteiger partial charge >= 0.3 is 6.09 Å². The first-order chi connectivity index (χ1) is 19.9. The molecule has 1 aromatic carbocycles. The Balaban J connectivity index is 1.41. The van der Waals surface area contributed by atoms with Crippen molar-refractivity contribution in [2.75, 3.05) is 38.1 Å². The summed E-state index contributed by atoms with van der Waals surface area (Å²) in [6.07, 6.45) is 3.50. The number of aryl methyl sites for hydroxylation is 1. The van der Waals surface area contributed by atoms with E-state index in [-0.39, 0.29) is 29.2 Å². The third-order valence-electron chi connectivity index (χ3n) is 8.30. The Bertz CT molecular complexity index is 1530. The van der Waals surface area contributed by atoms with Gasteiger partial charge < -0.3 is 29.6 Å². The highest BCUT2D eigenvalue weighted by Gasteiger charge is 2.39. The molecule has 0 saturated carbocycles. The van der Waals surface area contributed by atoms with Crippen LogP contribution in [0.15, 0.2) is 35.3 Å². The molecule has 2 N–H and O–H groups in total. The molecule has 0 spiro atoms. The van der Waals surface area contributed by atoms with E-state index in [1.165, 1.54) is 0 Å². The monoisotopic (exact) mass is 578 g/mol. The van der Waals surface area contributed by atoms with Crippen molar-refractivity contribution in [3.63, 3.8) is 0 Å². The quantitative estimate of drug-likeness (QED) is 0.447. The highest BCUT2D eigenvalue weighted by Crippen LogP contribution is 2.38.